The second-order valence-corrected chi connectivity index (χ2v) is 6.70. The van der Waals surface area contributed by atoms with E-state index in [1.54, 1.807) is 0 Å². The number of esters is 1. The second-order valence-electron chi connectivity index (χ2n) is 6.70. The van der Waals surface area contributed by atoms with Gasteiger partial charge in [-0.1, -0.05) is 48.5 Å². The van der Waals surface area contributed by atoms with Crippen LogP contribution in [0.1, 0.15) is 27.7 Å². The van der Waals surface area contributed by atoms with Crippen LogP contribution in [-0.2, 0) is 16.0 Å². The third-order valence-electron chi connectivity index (χ3n) is 4.75. The van der Waals surface area contributed by atoms with E-state index in [4.69, 9.17) is 4.74 Å². The Morgan fingerprint density at radius 3 is 2.62 bits per heavy atom. The van der Waals surface area contributed by atoms with Gasteiger partial charge in [0.15, 0.2) is 12.6 Å². The van der Waals surface area contributed by atoms with Gasteiger partial charge in [0.05, 0.1) is 0 Å². The quantitative estimate of drug-likeness (QED) is 0.385. The molecule has 29 heavy (non-hydrogen) atoms. The molecule has 0 amide bonds. The normalized spacial score (nSPS) is 12.0. The summed E-state index contributed by atoms with van der Waals surface area (Å²) in [6.07, 6.45) is 1.71. The van der Waals surface area contributed by atoms with Gasteiger partial charge in [-0.2, -0.15) is 0 Å². The summed E-state index contributed by atoms with van der Waals surface area (Å²) in [5.74, 6) is -0.824. The number of carbonyl (C=O) groups excluding carboxylic acids is 2. The molecule has 4 rings (SSSR count). The van der Waals surface area contributed by atoms with Gasteiger partial charge in [-0.05, 0) is 29.0 Å². The van der Waals surface area contributed by atoms with E-state index in [1.165, 1.54) is 11.0 Å². The molecule has 8 nitrogen and oxygen atoms in total. The number of aromatic amines is 1. The van der Waals surface area contributed by atoms with Crippen LogP contribution in [-0.4, -0.2) is 43.6 Å². The Bertz CT molecular complexity index is 1140. The minimum Gasteiger partial charge on any atom is -0.456 e. The zero-order valence-corrected chi connectivity index (χ0v) is 15.8. The summed E-state index contributed by atoms with van der Waals surface area (Å²) in [6, 6.07) is 16.3. The number of tetrazole rings is 1. The van der Waals surface area contributed by atoms with E-state index in [9.17, 15) is 9.59 Å². The molecule has 146 valence electrons. The van der Waals surface area contributed by atoms with Crippen molar-refractivity contribution >= 4 is 22.7 Å². The predicted molar refractivity (Wildman–Crippen MR) is 105 cm³/mol. The predicted octanol–water partition coefficient (Wildman–Crippen LogP) is 2.67. The van der Waals surface area contributed by atoms with E-state index in [2.05, 4.69) is 20.5 Å². The highest BCUT2D eigenvalue weighted by Crippen LogP contribution is 2.23. The fraction of sp³-hybridized carbons (Fsp3) is 0.190. The molecule has 0 radical (unpaired) electrons. The molecule has 4 aromatic rings. The molecule has 2 heterocycles. The summed E-state index contributed by atoms with van der Waals surface area (Å²) >= 11 is 0. The molecule has 0 unspecified atom stereocenters. The van der Waals surface area contributed by atoms with Crippen molar-refractivity contribution in [2.24, 2.45) is 0 Å². The van der Waals surface area contributed by atoms with Gasteiger partial charge in [-0.3, -0.25) is 4.79 Å². The number of hydrogen-bond donors (Lipinski definition) is 1. The molecule has 0 bridgehead atoms. The van der Waals surface area contributed by atoms with Crippen LogP contribution in [0.2, 0.25) is 0 Å². The number of benzene rings is 2. The van der Waals surface area contributed by atoms with E-state index in [-0.39, 0.29) is 12.4 Å². The Kier molecular flexibility index (Phi) is 5.15. The lowest BCUT2D eigenvalue weighted by Gasteiger charge is -2.15. The maximum absolute atomic E-state index is 12.8. The number of aromatic nitrogens is 5. The van der Waals surface area contributed by atoms with Gasteiger partial charge in [-0.25, -0.2) is 9.48 Å². The lowest BCUT2D eigenvalue weighted by Crippen LogP contribution is -2.27. The van der Waals surface area contributed by atoms with Gasteiger partial charge < -0.3 is 9.72 Å². The third kappa shape index (κ3) is 3.91. The van der Waals surface area contributed by atoms with Crippen LogP contribution < -0.4 is 0 Å². The SMILES string of the molecule is Cc1[nH]c2ccccc2c1C(=O)COC(=O)[C@H](Cc1ccccc1)n1cnnn1. The number of hydrogen-bond acceptors (Lipinski definition) is 6. The van der Waals surface area contributed by atoms with E-state index >= 15 is 0 Å². The number of Topliss-reactive ketones (excluding diaryl/α,β-unsaturated/α-hetero) is 1. The van der Waals surface area contributed by atoms with Crippen LogP contribution in [0.4, 0.5) is 0 Å². The molecular weight excluding hydrogens is 370 g/mol. The summed E-state index contributed by atoms with van der Waals surface area (Å²) in [4.78, 5) is 28.7. The maximum Gasteiger partial charge on any atom is 0.331 e. The fourth-order valence-electron chi connectivity index (χ4n) is 3.37. The number of rotatable bonds is 7. The summed E-state index contributed by atoms with van der Waals surface area (Å²) in [5.41, 5.74) is 3.09. The largest absolute Gasteiger partial charge is 0.456 e. The molecule has 0 aliphatic carbocycles. The first-order valence-electron chi connectivity index (χ1n) is 9.17. The molecule has 0 fully saturated rings. The molecule has 0 spiro atoms. The van der Waals surface area contributed by atoms with E-state index in [0.29, 0.717) is 12.0 Å². The summed E-state index contributed by atoms with van der Waals surface area (Å²) in [5, 5.41) is 11.8. The zero-order valence-electron chi connectivity index (χ0n) is 15.8. The molecule has 0 saturated heterocycles. The number of H-pyrrole nitrogens is 1. The smallest absolute Gasteiger partial charge is 0.331 e. The molecule has 0 aliphatic heterocycles. The average molecular weight is 389 g/mol. The first-order valence-corrected chi connectivity index (χ1v) is 9.17. The Balaban J connectivity index is 1.50. The van der Waals surface area contributed by atoms with Gasteiger partial charge in [0.2, 0.25) is 5.78 Å². The van der Waals surface area contributed by atoms with Crippen molar-refractivity contribution in [1.29, 1.82) is 0 Å². The summed E-state index contributed by atoms with van der Waals surface area (Å²) in [7, 11) is 0. The van der Waals surface area contributed by atoms with Gasteiger partial charge in [0, 0.05) is 28.6 Å². The molecule has 2 aromatic carbocycles. The fourth-order valence-corrected chi connectivity index (χ4v) is 3.37. The number of carbonyl (C=O) groups is 2. The molecule has 8 heteroatoms. The number of ether oxygens (including phenoxy) is 1. The monoisotopic (exact) mass is 389 g/mol. The average Bonchev–Trinajstić information content (AvgIpc) is 3.38. The highest BCUT2D eigenvalue weighted by atomic mass is 16.5. The third-order valence-corrected chi connectivity index (χ3v) is 4.75. The standard InChI is InChI=1S/C21H19N5O3/c1-14-20(16-9-5-6-10-17(16)23-14)19(27)12-29-21(28)18(26-13-22-24-25-26)11-15-7-3-2-4-8-15/h2-10,13,18,23H,11-12H2,1H3/t18-/m0/s1. The topological polar surface area (TPSA) is 103 Å². The number of aryl methyl sites for hydroxylation is 1. The molecular formula is C21H19N5O3. The van der Waals surface area contributed by atoms with E-state index in [0.717, 1.165) is 22.2 Å². The van der Waals surface area contributed by atoms with Crippen LogP contribution >= 0.6 is 0 Å². The lowest BCUT2D eigenvalue weighted by atomic mass is 10.1. The molecule has 0 saturated carbocycles. The van der Waals surface area contributed by atoms with Crippen molar-refractivity contribution < 1.29 is 14.3 Å². The first-order chi connectivity index (χ1) is 14.1. The summed E-state index contributed by atoms with van der Waals surface area (Å²) < 4.78 is 6.71. The molecule has 1 atom stereocenters. The Morgan fingerprint density at radius 1 is 1.10 bits per heavy atom. The number of ketones is 1. The first kappa shape index (κ1) is 18.5. The zero-order chi connectivity index (χ0) is 20.2. The van der Waals surface area contributed by atoms with E-state index in [1.807, 2.05) is 61.5 Å². The van der Waals surface area contributed by atoms with Crippen molar-refractivity contribution in [1.82, 2.24) is 25.2 Å². The van der Waals surface area contributed by atoms with Crippen molar-refractivity contribution in [2.45, 2.75) is 19.4 Å². The highest BCUT2D eigenvalue weighted by molar-refractivity contribution is 6.10. The summed E-state index contributed by atoms with van der Waals surface area (Å²) in [6.45, 7) is 1.48. The number of para-hydroxylation sites is 1. The Hall–Kier alpha value is -3.81. The van der Waals surface area contributed by atoms with Crippen molar-refractivity contribution in [3.8, 4) is 0 Å². The van der Waals surface area contributed by atoms with Gasteiger partial charge in [-0.15, -0.1) is 5.10 Å². The molecule has 1 N–H and O–H groups in total. The Labute approximate surface area is 166 Å². The number of nitrogens with one attached hydrogen (secondary N) is 1. The molecule has 2 aromatic heterocycles. The van der Waals surface area contributed by atoms with Crippen molar-refractivity contribution in [2.75, 3.05) is 6.61 Å². The Morgan fingerprint density at radius 2 is 1.86 bits per heavy atom. The lowest BCUT2D eigenvalue weighted by molar-refractivity contribution is -0.146. The van der Waals surface area contributed by atoms with Crippen molar-refractivity contribution in [3.63, 3.8) is 0 Å². The maximum atomic E-state index is 12.8. The van der Waals surface area contributed by atoms with Gasteiger partial charge >= 0.3 is 5.97 Å². The van der Waals surface area contributed by atoms with Crippen LogP contribution in [0.15, 0.2) is 60.9 Å². The van der Waals surface area contributed by atoms with Crippen molar-refractivity contribution in [3.05, 3.63) is 77.7 Å². The van der Waals surface area contributed by atoms with Gasteiger partial charge in [0.25, 0.3) is 0 Å². The van der Waals surface area contributed by atoms with Crippen LogP contribution in [0.3, 0.4) is 0 Å². The number of nitrogens with zero attached hydrogens (tertiary/aromatic N) is 4. The van der Waals surface area contributed by atoms with Crippen LogP contribution in [0.25, 0.3) is 10.9 Å². The number of fused-ring (bicyclic) bond motifs is 1. The minimum absolute atomic E-state index is 0.261. The highest BCUT2D eigenvalue weighted by Gasteiger charge is 2.26. The second kappa shape index (κ2) is 8.05. The van der Waals surface area contributed by atoms with Gasteiger partial charge in [0.1, 0.15) is 6.33 Å². The van der Waals surface area contributed by atoms with E-state index < -0.39 is 12.0 Å². The molecule has 0 aliphatic rings. The minimum atomic E-state index is -0.760. The van der Waals surface area contributed by atoms with Crippen LogP contribution in [0.5, 0.6) is 0 Å². The van der Waals surface area contributed by atoms with Crippen LogP contribution in [0, 0.1) is 6.92 Å².